The van der Waals surface area contributed by atoms with Crippen molar-refractivity contribution in [3.63, 3.8) is 0 Å². The summed E-state index contributed by atoms with van der Waals surface area (Å²) in [4.78, 5) is 14.4. The summed E-state index contributed by atoms with van der Waals surface area (Å²) in [6.07, 6.45) is 0. The molecule has 1 fully saturated rings. The summed E-state index contributed by atoms with van der Waals surface area (Å²) in [5.74, 6) is -0.0433. The molecule has 1 aliphatic rings. The molecule has 0 saturated carbocycles. The quantitative estimate of drug-likeness (QED) is 0.738. The predicted molar refractivity (Wildman–Crippen MR) is 106 cm³/mol. The van der Waals surface area contributed by atoms with Crippen molar-refractivity contribution in [3.05, 3.63) is 53.3 Å². The SMILES string of the molecule is Cc1n[nH]c(C)c1-c1cccc2cc(C(=O)N3CCS(=O)(=O)CC3)ccc12. The number of sulfone groups is 1. The molecule has 140 valence electrons. The van der Waals surface area contributed by atoms with Crippen LogP contribution in [-0.2, 0) is 9.84 Å². The van der Waals surface area contributed by atoms with Crippen LogP contribution in [-0.4, -0.2) is 54.0 Å². The molecule has 1 amide bonds. The van der Waals surface area contributed by atoms with Crippen LogP contribution in [0.25, 0.3) is 21.9 Å². The topological polar surface area (TPSA) is 83.1 Å². The second-order valence-corrected chi connectivity index (χ2v) is 9.30. The summed E-state index contributed by atoms with van der Waals surface area (Å²) in [7, 11) is -3.01. The fourth-order valence-corrected chi connectivity index (χ4v) is 4.88. The first-order valence-corrected chi connectivity index (χ1v) is 10.7. The Balaban J connectivity index is 1.71. The smallest absolute Gasteiger partial charge is 0.253 e. The van der Waals surface area contributed by atoms with E-state index < -0.39 is 9.84 Å². The number of benzene rings is 2. The number of amides is 1. The zero-order valence-corrected chi connectivity index (χ0v) is 16.1. The van der Waals surface area contributed by atoms with Gasteiger partial charge in [0, 0.05) is 29.9 Å². The molecule has 2 heterocycles. The highest BCUT2D eigenvalue weighted by Crippen LogP contribution is 2.32. The Bertz CT molecular complexity index is 1110. The number of aromatic amines is 1. The van der Waals surface area contributed by atoms with Crippen molar-refractivity contribution in [2.75, 3.05) is 24.6 Å². The van der Waals surface area contributed by atoms with Gasteiger partial charge in [-0.2, -0.15) is 5.10 Å². The maximum absolute atomic E-state index is 12.8. The highest BCUT2D eigenvalue weighted by atomic mass is 32.2. The first kappa shape index (κ1) is 17.7. The minimum Gasteiger partial charge on any atom is -0.337 e. The van der Waals surface area contributed by atoms with E-state index in [1.165, 1.54) is 0 Å². The lowest BCUT2D eigenvalue weighted by atomic mass is 9.95. The van der Waals surface area contributed by atoms with Gasteiger partial charge in [0.05, 0.1) is 17.2 Å². The van der Waals surface area contributed by atoms with Gasteiger partial charge in [0.1, 0.15) is 0 Å². The van der Waals surface area contributed by atoms with Crippen molar-refractivity contribution in [3.8, 4) is 11.1 Å². The van der Waals surface area contributed by atoms with Gasteiger partial charge in [0.15, 0.2) is 9.84 Å². The van der Waals surface area contributed by atoms with Crippen molar-refractivity contribution in [2.45, 2.75) is 13.8 Å². The Labute approximate surface area is 158 Å². The van der Waals surface area contributed by atoms with E-state index in [0.717, 1.165) is 33.3 Å². The summed E-state index contributed by atoms with van der Waals surface area (Å²) < 4.78 is 23.2. The Morgan fingerprint density at radius 3 is 2.52 bits per heavy atom. The molecular weight excluding hydrogens is 362 g/mol. The van der Waals surface area contributed by atoms with E-state index in [9.17, 15) is 13.2 Å². The molecule has 0 aliphatic carbocycles. The van der Waals surface area contributed by atoms with Gasteiger partial charge in [-0.15, -0.1) is 0 Å². The van der Waals surface area contributed by atoms with E-state index in [4.69, 9.17) is 0 Å². The number of hydrogen-bond donors (Lipinski definition) is 1. The van der Waals surface area contributed by atoms with E-state index >= 15 is 0 Å². The zero-order chi connectivity index (χ0) is 19.2. The maximum atomic E-state index is 12.8. The van der Waals surface area contributed by atoms with Gasteiger partial charge in [-0.3, -0.25) is 9.89 Å². The molecule has 3 aromatic rings. The van der Waals surface area contributed by atoms with E-state index in [1.54, 1.807) is 4.90 Å². The Hall–Kier alpha value is -2.67. The molecule has 1 saturated heterocycles. The molecular formula is C20H21N3O3S. The Morgan fingerprint density at radius 2 is 1.85 bits per heavy atom. The average Bonchev–Trinajstić information content (AvgIpc) is 2.98. The third-order valence-corrected chi connectivity index (χ3v) is 6.77. The normalized spacial score (nSPS) is 16.6. The van der Waals surface area contributed by atoms with Crippen LogP contribution < -0.4 is 0 Å². The van der Waals surface area contributed by atoms with E-state index in [2.05, 4.69) is 16.3 Å². The van der Waals surface area contributed by atoms with Crippen molar-refractivity contribution in [2.24, 2.45) is 0 Å². The standard InChI is InChI=1S/C20H21N3O3S/c1-13-19(14(2)22-21-13)18-5-3-4-15-12-16(6-7-17(15)18)20(24)23-8-10-27(25,26)11-9-23/h3-7,12H,8-11H2,1-2H3,(H,21,22). The minimum atomic E-state index is -3.01. The fraction of sp³-hybridized carbons (Fsp3) is 0.300. The van der Waals surface area contributed by atoms with Crippen LogP contribution in [0.2, 0.25) is 0 Å². The third kappa shape index (κ3) is 3.23. The van der Waals surface area contributed by atoms with Crippen LogP contribution in [0.3, 0.4) is 0 Å². The van der Waals surface area contributed by atoms with Gasteiger partial charge >= 0.3 is 0 Å². The number of nitrogens with one attached hydrogen (secondary N) is 1. The molecule has 4 rings (SSSR count). The first-order chi connectivity index (χ1) is 12.9. The van der Waals surface area contributed by atoms with Gasteiger partial charge in [0.2, 0.25) is 0 Å². The maximum Gasteiger partial charge on any atom is 0.253 e. The van der Waals surface area contributed by atoms with Crippen molar-refractivity contribution in [1.82, 2.24) is 15.1 Å². The van der Waals surface area contributed by atoms with Crippen LogP contribution in [0.4, 0.5) is 0 Å². The Kier molecular flexibility index (Phi) is 4.26. The van der Waals surface area contributed by atoms with E-state index in [-0.39, 0.29) is 30.5 Å². The Morgan fingerprint density at radius 1 is 1.11 bits per heavy atom. The zero-order valence-electron chi connectivity index (χ0n) is 15.3. The molecule has 0 unspecified atom stereocenters. The van der Waals surface area contributed by atoms with Gasteiger partial charge in [-0.1, -0.05) is 24.3 Å². The lowest BCUT2D eigenvalue weighted by molar-refractivity contribution is 0.0770. The lowest BCUT2D eigenvalue weighted by Gasteiger charge is -2.26. The van der Waals surface area contributed by atoms with Gasteiger partial charge in [-0.05, 0) is 42.3 Å². The number of H-pyrrole nitrogens is 1. The molecule has 1 N–H and O–H groups in total. The van der Waals surface area contributed by atoms with Gasteiger partial charge in [-0.25, -0.2) is 8.42 Å². The number of carbonyl (C=O) groups excluding carboxylic acids is 1. The van der Waals surface area contributed by atoms with Crippen LogP contribution in [0.1, 0.15) is 21.7 Å². The second-order valence-electron chi connectivity index (χ2n) is 6.99. The van der Waals surface area contributed by atoms with Crippen molar-refractivity contribution >= 4 is 26.5 Å². The number of hydrogen-bond acceptors (Lipinski definition) is 4. The highest BCUT2D eigenvalue weighted by Gasteiger charge is 2.26. The molecule has 1 aromatic heterocycles. The molecule has 0 atom stereocenters. The van der Waals surface area contributed by atoms with Gasteiger partial charge < -0.3 is 4.90 Å². The minimum absolute atomic E-state index is 0.0372. The molecule has 1 aliphatic heterocycles. The number of aryl methyl sites for hydroxylation is 2. The first-order valence-electron chi connectivity index (χ1n) is 8.90. The average molecular weight is 383 g/mol. The molecule has 27 heavy (non-hydrogen) atoms. The monoisotopic (exact) mass is 383 g/mol. The molecule has 7 heteroatoms. The number of nitrogens with zero attached hydrogens (tertiary/aromatic N) is 2. The molecule has 0 spiro atoms. The predicted octanol–water partition coefficient (Wildman–Crippen LogP) is 2.72. The number of fused-ring (bicyclic) bond motifs is 1. The third-order valence-electron chi connectivity index (χ3n) is 5.16. The van der Waals surface area contributed by atoms with Crippen LogP contribution >= 0.6 is 0 Å². The molecule has 0 bridgehead atoms. The van der Waals surface area contributed by atoms with Crippen molar-refractivity contribution in [1.29, 1.82) is 0 Å². The highest BCUT2D eigenvalue weighted by molar-refractivity contribution is 7.91. The van der Waals surface area contributed by atoms with Crippen LogP contribution in [0, 0.1) is 13.8 Å². The molecule has 6 nitrogen and oxygen atoms in total. The summed E-state index contributed by atoms with van der Waals surface area (Å²) in [6.45, 7) is 4.48. The fourth-order valence-electron chi connectivity index (χ4n) is 3.68. The summed E-state index contributed by atoms with van der Waals surface area (Å²) in [5.41, 5.74) is 4.70. The summed E-state index contributed by atoms with van der Waals surface area (Å²) in [6, 6.07) is 11.7. The van der Waals surface area contributed by atoms with E-state index in [0.29, 0.717) is 5.56 Å². The second kappa shape index (κ2) is 6.49. The lowest BCUT2D eigenvalue weighted by Crippen LogP contribution is -2.43. The largest absolute Gasteiger partial charge is 0.337 e. The number of carbonyl (C=O) groups is 1. The van der Waals surface area contributed by atoms with Crippen LogP contribution in [0.15, 0.2) is 36.4 Å². The van der Waals surface area contributed by atoms with Crippen LogP contribution in [0.5, 0.6) is 0 Å². The van der Waals surface area contributed by atoms with E-state index in [1.807, 2.05) is 44.2 Å². The summed E-state index contributed by atoms with van der Waals surface area (Å²) >= 11 is 0. The van der Waals surface area contributed by atoms with Gasteiger partial charge in [0.25, 0.3) is 5.91 Å². The molecule has 2 aromatic carbocycles. The van der Waals surface area contributed by atoms with Crippen molar-refractivity contribution < 1.29 is 13.2 Å². The number of rotatable bonds is 2. The number of aromatic nitrogens is 2. The molecule has 0 radical (unpaired) electrons. The summed E-state index contributed by atoms with van der Waals surface area (Å²) in [5, 5.41) is 9.34.